The van der Waals surface area contributed by atoms with E-state index in [1.165, 1.54) is 29.6 Å². The molecule has 9 heteroatoms. The number of pyridine rings is 1. The van der Waals surface area contributed by atoms with Crippen molar-refractivity contribution in [1.82, 2.24) is 15.0 Å². The first-order valence-corrected chi connectivity index (χ1v) is 8.69. The van der Waals surface area contributed by atoms with Gasteiger partial charge in [-0.05, 0) is 19.1 Å². The molecule has 0 bridgehead atoms. The van der Waals surface area contributed by atoms with Crippen LogP contribution >= 0.6 is 34.3 Å². The lowest BCUT2D eigenvalue weighted by molar-refractivity contribution is -0.114. The molecule has 0 saturated carbocycles. The molecule has 0 fully saturated rings. The number of nitrogens with one attached hydrogen (secondary N) is 2. The van der Waals surface area contributed by atoms with Gasteiger partial charge in [0.2, 0.25) is 5.91 Å². The van der Waals surface area contributed by atoms with Gasteiger partial charge in [-0.15, -0.1) is 11.3 Å². The summed E-state index contributed by atoms with van der Waals surface area (Å²) < 4.78 is 0. The highest BCUT2D eigenvalue weighted by Crippen LogP contribution is 2.35. The van der Waals surface area contributed by atoms with Crippen LogP contribution in [0, 0.1) is 6.92 Å². The number of hydrogen-bond donors (Lipinski definition) is 2. The Morgan fingerprint density at radius 1 is 1.30 bits per heavy atom. The zero-order chi connectivity index (χ0) is 16.4. The normalized spacial score (nSPS) is 10.6. The van der Waals surface area contributed by atoms with E-state index in [1.807, 2.05) is 18.4 Å². The summed E-state index contributed by atoms with van der Waals surface area (Å²) >= 11 is 8.89. The van der Waals surface area contributed by atoms with Crippen molar-refractivity contribution < 1.29 is 4.79 Å². The molecule has 3 rings (SSSR count). The Morgan fingerprint density at radius 2 is 2.13 bits per heavy atom. The third-order valence-corrected chi connectivity index (χ3v) is 4.97. The number of amides is 1. The highest BCUT2D eigenvalue weighted by Gasteiger charge is 2.14. The fraction of sp³-hybridized carbons (Fsp3) is 0.143. The maximum absolute atomic E-state index is 11.1. The lowest BCUT2D eigenvalue weighted by atomic mass is 10.3. The van der Waals surface area contributed by atoms with Gasteiger partial charge in [-0.3, -0.25) is 4.79 Å². The molecule has 0 saturated heterocycles. The number of thiazole rings is 2. The highest BCUT2D eigenvalue weighted by atomic mass is 35.5. The zero-order valence-electron chi connectivity index (χ0n) is 12.3. The molecular weight excluding hydrogens is 354 g/mol. The Labute approximate surface area is 145 Å². The lowest BCUT2D eigenvalue weighted by Crippen LogP contribution is -2.04. The Bertz CT molecular complexity index is 860. The molecule has 0 aliphatic heterocycles. The van der Waals surface area contributed by atoms with Gasteiger partial charge >= 0.3 is 0 Å². The van der Waals surface area contributed by atoms with Crippen molar-refractivity contribution in [3.63, 3.8) is 0 Å². The smallest absolute Gasteiger partial charge is 0.223 e. The van der Waals surface area contributed by atoms with Crippen molar-refractivity contribution in [3.05, 3.63) is 34.6 Å². The molecule has 0 radical (unpaired) electrons. The molecule has 6 nitrogen and oxygen atoms in total. The summed E-state index contributed by atoms with van der Waals surface area (Å²) in [7, 11) is 0. The van der Waals surface area contributed by atoms with Crippen LogP contribution in [0.25, 0.3) is 10.6 Å². The first-order chi connectivity index (χ1) is 11.0. The molecule has 0 aliphatic rings. The van der Waals surface area contributed by atoms with Crippen molar-refractivity contribution in [3.8, 4) is 10.6 Å². The number of halogens is 1. The van der Waals surface area contributed by atoms with Gasteiger partial charge in [0.15, 0.2) is 15.4 Å². The van der Waals surface area contributed by atoms with Gasteiger partial charge in [0.05, 0.1) is 22.0 Å². The van der Waals surface area contributed by atoms with Crippen LogP contribution in [0.5, 0.6) is 0 Å². The van der Waals surface area contributed by atoms with Crippen LogP contribution in [0.4, 0.5) is 16.0 Å². The molecule has 3 aromatic rings. The third-order valence-electron chi connectivity index (χ3n) is 2.82. The maximum atomic E-state index is 11.1. The quantitative estimate of drug-likeness (QED) is 0.673. The average molecular weight is 366 g/mol. The molecule has 0 spiro atoms. The summed E-state index contributed by atoms with van der Waals surface area (Å²) in [5.74, 6) is -0.142. The van der Waals surface area contributed by atoms with E-state index in [0.29, 0.717) is 21.1 Å². The fourth-order valence-electron chi connectivity index (χ4n) is 1.87. The molecule has 0 aromatic carbocycles. The van der Waals surface area contributed by atoms with Crippen LogP contribution in [0.15, 0.2) is 23.7 Å². The van der Waals surface area contributed by atoms with Gasteiger partial charge in [-0.2, -0.15) is 0 Å². The van der Waals surface area contributed by atoms with Gasteiger partial charge in [0.25, 0.3) is 0 Å². The van der Waals surface area contributed by atoms with E-state index in [9.17, 15) is 4.79 Å². The van der Waals surface area contributed by atoms with Gasteiger partial charge in [-0.1, -0.05) is 22.9 Å². The molecule has 0 aliphatic carbocycles. The first kappa shape index (κ1) is 15.9. The Balaban J connectivity index is 1.83. The van der Waals surface area contributed by atoms with Crippen molar-refractivity contribution in [1.29, 1.82) is 0 Å². The summed E-state index contributed by atoms with van der Waals surface area (Å²) in [4.78, 5) is 24.9. The van der Waals surface area contributed by atoms with Gasteiger partial charge in [0, 0.05) is 18.5 Å². The SMILES string of the molecule is CC(=O)Nc1nc(C)c(-c2csc(Nc3cccnc3Cl)n2)s1. The number of hydrogen-bond acceptors (Lipinski definition) is 7. The lowest BCUT2D eigenvalue weighted by Gasteiger charge is -2.02. The number of rotatable bonds is 4. The van der Waals surface area contributed by atoms with Crippen LogP contribution < -0.4 is 10.6 Å². The van der Waals surface area contributed by atoms with Crippen molar-refractivity contribution >= 4 is 56.1 Å². The van der Waals surface area contributed by atoms with E-state index >= 15 is 0 Å². The second kappa shape index (κ2) is 6.61. The molecule has 118 valence electrons. The molecule has 1 amide bonds. The van der Waals surface area contributed by atoms with Gasteiger partial charge in [0.1, 0.15) is 0 Å². The standard InChI is InChI=1S/C14H12ClN5OS2/c1-7-11(23-14(17-7)18-8(2)21)10-6-22-13(20-10)19-9-4-3-5-16-12(9)15/h3-6H,1-2H3,(H,19,20)(H,17,18,21). The molecule has 2 N–H and O–H groups in total. The summed E-state index contributed by atoms with van der Waals surface area (Å²) in [5.41, 5.74) is 2.34. The predicted octanol–water partition coefficient (Wildman–Crippen LogP) is 4.33. The van der Waals surface area contributed by atoms with Crippen molar-refractivity contribution in [2.24, 2.45) is 0 Å². The van der Waals surface area contributed by atoms with Crippen LogP contribution in [0.1, 0.15) is 12.6 Å². The number of carbonyl (C=O) groups excluding carboxylic acids is 1. The van der Waals surface area contributed by atoms with E-state index in [2.05, 4.69) is 25.6 Å². The van der Waals surface area contributed by atoms with E-state index in [4.69, 9.17) is 11.6 Å². The molecule has 0 atom stereocenters. The van der Waals surface area contributed by atoms with Crippen LogP contribution in [0.3, 0.4) is 0 Å². The molecule has 0 unspecified atom stereocenters. The maximum Gasteiger partial charge on any atom is 0.223 e. The molecule has 23 heavy (non-hydrogen) atoms. The largest absolute Gasteiger partial charge is 0.329 e. The van der Waals surface area contributed by atoms with Crippen LogP contribution in [-0.4, -0.2) is 20.9 Å². The zero-order valence-corrected chi connectivity index (χ0v) is 14.6. The summed E-state index contributed by atoms with van der Waals surface area (Å²) in [6, 6.07) is 3.64. The Kier molecular flexibility index (Phi) is 4.56. The second-order valence-corrected chi connectivity index (χ2v) is 6.83. The number of aromatic nitrogens is 3. The minimum atomic E-state index is -0.142. The Hall–Kier alpha value is -2.03. The van der Waals surface area contributed by atoms with Crippen molar-refractivity contribution in [2.45, 2.75) is 13.8 Å². The van der Waals surface area contributed by atoms with Crippen molar-refractivity contribution in [2.75, 3.05) is 10.6 Å². The van der Waals surface area contributed by atoms with Gasteiger partial charge in [-0.25, -0.2) is 15.0 Å². The number of anilines is 3. The minimum Gasteiger partial charge on any atom is -0.329 e. The molecule has 3 heterocycles. The number of carbonyl (C=O) groups is 1. The van der Waals surface area contributed by atoms with E-state index < -0.39 is 0 Å². The van der Waals surface area contributed by atoms with Crippen LogP contribution in [0.2, 0.25) is 5.15 Å². The second-order valence-electron chi connectivity index (χ2n) is 4.62. The molecule has 3 aromatic heterocycles. The number of aryl methyl sites for hydroxylation is 1. The summed E-state index contributed by atoms with van der Waals surface area (Å²) in [6.45, 7) is 3.35. The highest BCUT2D eigenvalue weighted by molar-refractivity contribution is 7.20. The fourth-order valence-corrected chi connectivity index (χ4v) is 3.80. The summed E-state index contributed by atoms with van der Waals surface area (Å²) in [5, 5.41) is 9.45. The summed E-state index contributed by atoms with van der Waals surface area (Å²) in [6.07, 6.45) is 1.63. The minimum absolute atomic E-state index is 0.142. The topological polar surface area (TPSA) is 79.8 Å². The Morgan fingerprint density at radius 3 is 2.87 bits per heavy atom. The third kappa shape index (κ3) is 3.66. The number of nitrogens with zero attached hydrogens (tertiary/aromatic N) is 3. The predicted molar refractivity (Wildman–Crippen MR) is 94.8 cm³/mol. The molecular formula is C14H12ClN5OS2. The van der Waals surface area contributed by atoms with E-state index in [1.54, 1.807) is 12.3 Å². The van der Waals surface area contributed by atoms with E-state index in [0.717, 1.165) is 16.3 Å². The van der Waals surface area contributed by atoms with Gasteiger partial charge < -0.3 is 10.6 Å². The van der Waals surface area contributed by atoms with E-state index in [-0.39, 0.29) is 5.91 Å². The van der Waals surface area contributed by atoms with Crippen LogP contribution in [-0.2, 0) is 4.79 Å². The first-order valence-electron chi connectivity index (χ1n) is 6.61. The monoisotopic (exact) mass is 365 g/mol. The average Bonchev–Trinajstić information content (AvgIpc) is 3.07.